The maximum Gasteiger partial charge on any atom is 0.426 e. The van der Waals surface area contributed by atoms with Crippen molar-refractivity contribution < 1.29 is 95.1 Å². The van der Waals surface area contributed by atoms with Gasteiger partial charge in [-0.3, -0.25) is 9.59 Å². The summed E-state index contributed by atoms with van der Waals surface area (Å²) in [6, 6.07) is 0. The molecule has 0 aromatic carbocycles. The predicted octanol–water partition coefficient (Wildman–Crippen LogP) is 9.12. The quantitative estimate of drug-likeness (QED) is 0.188. The van der Waals surface area contributed by atoms with Gasteiger partial charge in [-0.05, 0) is 75.0 Å². The van der Waals surface area contributed by atoms with Gasteiger partial charge in [-0.2, -0.15) is 65.9 Å². The van der Waals surface area contributed by atoms with Crippen molar-refractivity contribution in [2.75, 3.05) is 6.61 Å². The molecule has 3 aliphatic carbocycles. The molecule has 3 rings (SSSR count). The van der Waals surface area contributed by atoms with Gasteiger partial charge in [0, 0.05) is 11.8 Å². The molecule has 2 bridgehead atoms. The van der Waals surface area contributed by atoms with Gasteiger partial charge < -0.3 is 19.7 Å². The van der Waals surface area contributed by atoms with Crippen molar-refractivity contribution in [3.05, 3.63) is 0 Å². The minimum absolute atomic E-state index is 0.0694. The molecule has 53 heavy (non-hydrogen) atoms. The molecule has 0 spiro atoms. The first-order valence-electron chi connectivity index (χ1n) is 16.7. The maximum absolute atomic E-state index is 13.3. The molecule has 0 saturated heterocycles. The van der Waals surface area contributed by atoms with E-state index >= 15 is 0 Å². The number of carbonyl (C=O) groups is 2. The molecule has 0 radical (unpaired) electrons. The molecule has 312 valence electrons. The summed E-state index contributed by atoms with van der Waals surface area (Å²) in [6.07, 6.45) is -40.5. The fourth-order valence-corrected chi connectivity index (χ4v) is 7.60. The smallest absolute Gasteiger partial charge is 0.426 e. The van der Waals surface area contributed by atoms with E-state index in [9.17, 15) is 85.7 Å². The largest absolute Gasteiger partial charge is 0.465 e. The summed E-state index contributed by atoms with van der Waals surface area (Å²) in [5.74, 6) is -6.16. The van der Waals surface area contributed by atoms with Crippen LogP contribution in [-0.2, 0) is 19.1 Å². The molecule has 21 heteroatoms. The Labute approximate surface area is 295 Å². The number of halogens is 15. The normalized spacial score (nSPS) is 30.0. The molecule has 0 aliphatic heterocycles. The number of alkyl halides is 15. The average molecular weight is 809 g/mol. The third-order valence-corrected chi connectivity index (χ3v) is 11.4. The van der Waals surface area contributed by atoms with Crippen molar-refractivity contribution in [3.8, 4) is 0 Å². The number of hydrogen-bond donors (Lipinski definition) is 2. The topological polar surface area (TPSA) is 93.1 Å². The van der Waals surface area contributed by atoms with Crippen LogP contribution < -0.4 is 0 Å². The molecule has 3 saturated carbocycles. The number of ether oxygens (including phenoxy) is 2. The van der Waals surface area contributed by atoms with Crippen molar-refractivity contribution in [1.29, 1.82) is 0 Å². The van der Waals surface area contributed by atoms with Crippen LogP contribution in [0.2, 0.25) is 0 Å². The first-order chi connectivity index (χ1) is 23.5. The number of aliphatic hydroxyl groups is 2. The molecule has 0 aromatic rings. The molecule has 2 N–H and O–H groups in total. The van der Waals surface area contributed by atoms with E-state index in [0.717, 1.165) is 25.2 Å². The Balaban J connectivity index is 0.000000499. The van der Waals surface area contributed by atoms with Gasteiger partial charge in [-0.15, -0.1) is 0 Å². The van der Waals surface area contributed by atoms with Crippen LogP contribution in [0.3, 0.4) is 0 Å². The van der Waals surface area contributed by atoms with E-state index in [-0.39, 0.29) is 18.8 Å². The molecule has 6 nitrogen and oxygen atoms in total. The van der Waals surface area contributed by atoms with Crippen molar-refractivity contribution >= 4 is 11.9 Å². The lowest BCUT2D eigenvalue weighted by Gasteiger charge is -2.48. The predicted molar refractivity (Wildman–Crippen MR) is 153 cm³/mol. The van der Waals surface area contributed by atoms with E-state index in [4.69, 9.17) is 4.74 Å². The van der Waals surface area contributed by atoms with Gasteiger partial charge >= 0.3 is 42.8 Å². The highest BCUT2D eigenvalue weighted by Gasteiger charge is 2.78. The SMILES string of the molecule is CC(C)COC(=O)C1CC2CC1C(C)C2C.CCC(C)(C(=O)OC1CC(C(O)(C(F)(F)F)C(F)(F)F)CC(C(O)(C(F)(F)F)C(F)(F)F)C1)C(F)(F)F. The van der Waals surface area contributed by atoms with Crippen LogP contribution in [0.25, 0.3) is 0 Å². The number of rotatable bonds is 8. The van der Waals surface area contributed by atoms with Gasteiger partial charge in [-0.1, -0.05) is 34.6 Å². The number of carbonyl (C=O) groups excluding carboxylic acids is 2. The number of hydrogen-bond acceptors (Lipinski definition) is 6. The van der Waals surface area contributed by atoms with Gasteiger partial charge in [-0.25, -0.2) is 0 Å². The van der Waals surface area contributed by atoms with Crippen molar-refractivity contribution in [1.82, 2.24) is 0 Å². The van der Waals surface area contributed by atoms with E-state index in [1.807, 2.05) is 0 Å². The first kappa shape index (κ1) is 47.0. The summed E-state index contributed by atoms with van der Waals surface area (Å²) >= 11 is 0. The molecule has 0 heterocycles. The van der Waals surface area contributed by atoms with Crippen molar-refractivity contribution in [2.24, 2.45) is 52.8 Å². The summed E-state index contributed by atoms with van der Waals surface area (Å²) in [7, 11) is 0. The van der Waals surface area contributed by atoms with E-state index < -0.39 is 97.1 Å². The second kappa shape index (κ2) is 15.4. The Bertz CT molecular complexity index is 1200. The lowest BCUT2D eigenvalue weighted by atomic mass is 9.65. The van der Waals surface area contributed by atoms with Gasteiger partial charge in [0.1, 0.15) is 6.10 Å². The zero-order valence-electron chi connectivity index (χ0n) is 29.3. The third-order valence-electron chi connectivity index (χ3n) is 11.4. The van der Waals surface area contributed by atoms with Crippen LogP contribution in [-0.4, -0.2) is 76.9 Å². The van der Waals surface area contributed by atoms with Crippen molar-refractivity contribution in [2.45, 2.75) is 128 Å². The molecule has 8 atom stereocenters. The van der Waals surface area contributed by atoms with Gasteiger partial charge in [0.15, 0.2) is 5.41 Å². The zero-order chi connectivity index (χ0) is 41.7. The van der Waals surface area contributed by atoms with E-state index in [0.29, 0.717) is 24.4 Å². The van der Waals surface area contributed by atoms with E-state index in [2.05, 4.69) is 32.4 Å². The monoisotopic (exact) mass is 808 g/mol. The van der Waals surface area contributed by atoms with Crippen molar-refractivity contribution in [3.63, 3.8) is 0 Å². The summed E-state index contributed by atoms with van der Waals surface area (Å²) in [5.41, 5.74) is -15.5. The zero-order valence-corrected chi connectivity index (χ0v) is 29.3. The Morgan fingerprint density at radius 2 is 1.08 bits per heavy atom. The van der Waals surface area contributed by atoms with Crippen LogP contribution in [0.15, 0.2) is 0 Å². The molecular formula is C32H43F15O6. The molecule has 3 fully saturated rings. The van der Waals surface area contributed by atoms with Gasteiger partial charge in [0.05, 0.1) is 12.5 Å². The highest BCUT2D eigenvalue weighted by atomic mass is 19.4. The summed E-state index contributed by atoms with van der Waals surface area (Å²) < 4.78 is 209. The molecule has 3 aliphatic rings. The minimum atomic E-state index is -6.77. The lowest BCUT2D eigenvalue weighted by Crippen LogP contribution is -2.67. The van der Waals surface area contributed by atoms with Crippen LogP contribution in [0, 0.1) is 52.8 Å². The van der Waals surface area contributed by atoms with Crippen LogP contribution in [0.4, 0.5) is 65.9 Å². The van der Waals surface area contributed by atoms with Crippen LogP contribution in [0.1, 0.15) is 80.1 Å². The highest BCUT2D eigenvalue weighted by molar-refractivity contribution is 5.77. The van der Waals surface area contributed by atoms with Crippen LogP contribution in [0.5, 0.6) is 0 Å². The Morgan fingerprint density at radius 1 is 0.660 bits per heavy atom. The number of fused-ring (bicyclic) bond motifs is 2. The molecular weight excluding hydrogens is 765 g/mol. The molecule has 0 aromatic heterocycles. The third kappa shape index (κ3) is 8.95. The molecule has 8 unspecified atom stereocenters. The highest BCUT2D eigenvalue weighted by Crippen LogP contribution is 2.59. The maximum atomic E-state index is 13.3. The summed E-state index contributed by atoms with van der Waals surface area (Å²) in [6.45, 7) is 10.3. The standard InChI is InChI=1S/C18H19F15O4.C14H24O2/c1-3-11(2,14(19,20)21)10(34)37-9-5-7(12(35,15(22,23)24)16(25,26)27)4-8(6-9)13(36,17(28,29)30)18(31,32)33;1-8(2)7-16-14(15)13-6-11-5-12(13)10(4)9(11)3/h7-9,35-36H,3-6H2,1-2H3;8-13H,5-7H2,1-4H3. The second-order valence-corrected chi connectivity index (χ2v) is 15.1. The number of esters is 2. The molecule has 0 amide bonds. The lowest BCUT2D eigenvalue weighted by molar-refractivity contribution is -0.405. The summed E-state index contributed by atoms with van der Waals surface area (Å²) in [5, 5.41) is 19.1. The van der Waals surface area contributed by atoms with E-state index in [1.165, 1.54) is 6.42 Å². The Hall–Kier alpha value is -2.19. The fourth-order valence-electron chi connectivity index (χ4n) is 7.60. The summed E-state index contributed by atoms with van der Waals surface area (Å²) in [4.78, 5) is 24.1. The Kier molecular flexibility index (Phi) is 13.6. The minimum Gasteiger partial charge on any atom is -0.465 e. The van der Waals surface area contributed by atoms with Crippen LogP contribution >= 0.6 is 0 Å². The second-order valence-electron chi connectivity index (χ2n) is 15.1. The fraction of sp³-hybridized carbons (Fsp3) is 0.938. The van der Waals surface area contributed by atoms with Gasteiger partial charge in [0.2, 0.25) is 0 Å². The Morgan fingerprint density at radius 3 is 1.38 bits per heavy atom. The average Bonchev–Trinajstić information content (AvgIpc) is 3.55. The first-order valence-corrected chi connectivity index (χ1v) is 16.7. The van der Waals surface area contributed by atoms with Gasteiger partial charge in [0.25, 0.3) is 11.2 Å². The van der Waals surface area contributed by atoms with E-state index in [1.54, 1.807) is 0 Å².